The van der Waals surface area contributed by atoms with Gasteiger partial charge in [0.25, 0.3) is 0 Å². The minimum Gasteiger partial charge on any atom is -0.480 e. The number of carboxylic acid groups (broad SMARTS) is 1. The van der Waals surface area contributed by atoms with Gasteiger partial charge in [-0.3, -0.25) is 4.79 Å². The molecule has 10 heteroatoms. The molecule has 0 aliphatic carbocycles. The second-order valence-electron chi connectivity index (χ2n) is 4.47. The molecule has 0 radical (unpaired) electrons. The zero-order valence-corrected chi connectivity index (χ0v) is 13.5. The number of halogens is 3. The van der Waals surface area contributed by atoms with Gasteiger partial charge in [-0.05, 0) is 24.3 Å². The predicted molar refractivity (Wildman–Crippen MR) is 79.1 cm³/mol. The molecule has 21 heavy (non-hydrogen) atoms. The summed E-state index contributed by atoms with van der Waals surface area (Å²) < 4.78 is 40.4. The SMILES string of the molecule is O=C(O)C1(NS(=O)(=O)c2ccc(Cl)c(F)c2Cl)CCSC1. The zero-order valence-electron chi connectivity index (χ0n) is 10.4. The Bertz CT molecular complexity index is 690. The summed E-state index contributed by atoms with van der Waals surface area (Å²) in [6.07, 6.45) is 0.139. The van der Waals surface area contributed by atoms with Crippen molar-refractivity contribution in [3.05, 3.63) is 28.0 Å². The number of carbonyl (C=O) groups is 1. The molecule has 0 bridgehead atoms. The van der Waals surface area contributed by atoms with Crippen LogP contribution in [0.3, 0.4) is 0 Å². The maximum Gasteiger partial charge on any atom is 0.325 e. The number of carboxylic acids is 1. The number of hydrogen-bond donors (Lipinski definition) is 2. The molecule has 0 saturated carbocycles. The quantitative estimate of drug-likeness (QED) is 0.791. The lowest BCUT2D eigenvalue weighted by Gasteiger charge is -2.24. The molecule has 1 aromatic rings. The summed E-state index contributed by atoms with van der Waals surface area (Å²) in [5.41, 5.74) is -1.61. The van der Waals surface area contributed by atoms with Gasteiger partial charge in [0.1, 0.15) is 10.4 Å². The Morgan fingerprint density at radius 1 is 1.43 bits per heavy atom. The maximum atomic E-state index is 13.6. The topological polar surface area (TPSA) is 83.5 Å². The van der Waals surface area contributed by atoms with Crippen LogP contribution in [0.5, 0.6) is 0 Å². The first-order valence-electron chi connectivity index (χ1n) is 5.68. The normalized spacial score (nSPS) is 22.4. The van der Waals surface area contributed by atoms with E-state index in [9.17, 15) is 22.7 Å². The van der Waals surface area contributed by atoms with Crippen LogP contribution in [-0.2, 0) is 14.8 Å². The van der Waals surface area contributed by atoms with Gasteiger partial charge in [0.15, 0.2) is 5.82 Å². The Morgan fingerprint density at radius 3 is 2.62 bits per heavy atom. The van der Waals surface area contributed by atoms with Crippen molar-refractivity contribution in [2.45, 2.75) is 16.9 Å². The lowest BCUT2D eigenvalue weighted by atomic mass is 10.0. The standard InChI is InChI=1S/C11H10Cl2FNO4S2/c12-6-1-2-7(8(13)9(6)14)21(18,19)15-11(10(16)17)3-4-20-5-11/h1-2,15H,3-5H2,(H,16,17). The fraction of sp³-hybridized carbons (Fsp3) is 0.364. The number of rotatable bonds is 4. The summed E-state index contributed by atoms with van der Waals surface area (Å²) in [5, 5.41) is 8.29. The summed E-state index contributed by atoms with van der Waals surface area (Å²) >= 11 is 12.5. The van der Waals surface area contributed by atoms with Gasteiger partial charge in [-0.2, -0.15) is 16.5 Å². The number of nitrogens with one attached hydrogen (secondary N) is 1. The molecule has 5 nitrogen and oxygen atoms in total. The van der Waals surface area contributed by atoms with Crippen molar-refractivity contribution in [2.75, 3.05) is 11.5 Å². The highest BCUT2D eigenvalue weighted by molar-refractivity contribution is 7.99. The molecule has 1 aromatic carbocycles. The van der Waals surface area contributed by atoms with Gasteiger partial charge in [0.2, 0.25) is 10.0 Å². The molecule has 1 heterocycles. The van der Waals surface area contributed by atoms with E-state index in [0.717, 1.165) is 12.1 Å². The van der Waals surface area contributed by atoms with E-state index < -0.39 is 37.3 Å². The predicted octanol–water partition coefficient (Wildman–Crippen LogP) is 2.37. The van der Waals surface area contributed by atoms with E-state index in [1.165, 1.54) is 11.8 Å². The first-order valence-corrected chi connectivity index (χ1v) is 9.08. The summed E-state index contributed by atoms with van der Waals surface area (Å²) in [6, 6.07) is 2.09. The molecular formula is C11H10Cl2FNO4S2. The second-order valence-corrected chi connectivity index (χ2v) is 8.01. The molecule has 116 valence electrons. The second kappa shape index (κ2) is 5.92. The van der Waals surface area contributed by atoms with Crippen molar-refractivity contribution >= 4 is 51.0 Å². The molecule has 1 atom stereocenters. The van der Waals surface area contributed by atoms with Crippen LogP contribution in [0.2, 0.25) is 10.0 Å². The number of thioether (sulfide) groups is 1. The fourth-order valence-corrected chi connectivity index (χ4v) is 5.44. The molecule has 1 saturated heterocycles. The van der Waals surface area contributed by atoms with E-state index >= 15 is 0 Å². The highest BCUT2D eigenvalue weighted by Gasteiger charge is 2.45. The number of hydrogen-bond acceptors (Lipinski definition) is 4. The lowest BCUT2D eigenvalue weighted by Crippen LogP contribution is -2.54. The van der Waals surface area contributed by atoms with Crippen LogP contribution in [0.4, 0.5) is 4.39 Å². The molecule has 1 unspecified atom stereocenters. The summed E-state index contributed by atoms with van der Waals surface area (Å²) in [6.45, 7) is 0. The average molecular weight is 374 g/mol. The van der Waals surface area contributed by atoms with Gasteiger partial charge >= 0.3 is 5.97 Å². The van der Waals surface area contributed by atoms with Crippen LogP contribution >= 0.6 is 35.0 Å². The van der Waals surface area contributed by atoms with Gasteiger partial charge in [0.05, 0.1) is 10.0 Å². The monoisotopic (exact) mass is 373 g/mol. The number of benzene rings is 1. The Hall–Kier alpha value is -0.540. The summed E-state index contributed by atoms with van der Waals surface area (Å²) in [5.74, 6) is -1.74. The molecule has 2 N–H and O–H groups in total. The van der Waals surface area contributed by atoms with Crippen LogP contribution in [0.25, 0.3) is 0 Å². The molecule has 1 aliphatic rings. The third-order valence-corrected chi connectivity index (χ3v) is 6.59. The number of aliphatic carboxylic acids is 1. The minimum absolute atomic E-state index is 0.0925. The third-order valence-electron chi connectivity index (χ3n) is 3.05. The van der Waals surface area contributed by atoms with Gasteiger partial charge in [-0.1, -0.05) is 23.2 Å². The fourth-order valence-electron chi connectivity index (χ4n) is 1.89. The van der Waals surface area contributed by atoms with E-state index in [2.05, 4.69) is 4.72 Å². The summed E-state index contributed by atoms with van der Waals surface area (Å²) in [4.78, 5) is 10.8. The Morgan fingerprint density at radius 2 is 2.10 bits per heavy atom. The van der Waals surface area contributed by atoms with Crippen LogP contribution in [-0.4, -0.2) is 36.5 Å². The first kappa shape index (κ1) is 16.8. The minimum atomic E-state index is -4.29. The molecular weight excluding hydrogens is 364 g/mol. The van der Waals surface area contributed by atoms with Crippen molar-refractivity contribution in [2.24, 2.45) is 0 Å². The smallest absolute Gasteiger partial charge is 0.325 e. The van der Waals surface area contributed by atoms with Gasteiger partial charge < -0.3 is 5.11 Å². The van der Waals surface area contributed by atoms with E-state index in [4.69, 9.17) is 23.2 Å². The maximum absolute atomic E-state index is 13.6. The van der Waals surface area contributed by atoms with Crippen molar-refractivity contribution in [3.63, 3.8) is 0 Å². The Labute approximate surface area is 134 Å². The van der Waals surface area contributed by atoms with Crippen LogP contribution < -0.4 is 4.72 Å². The van der Waals surface area contributed by atoms with Crippen molar-refractivity contribution < 1.29 is 22.7 Å². The molecule has 1 aliphatic heterocycles. The van der Waals surface area contributed by atoms with E-state index in [1.807, 2.05) is 0 Å². The molecule has 0 amide bonds. The Balaban J connectivity index is 2.44. The number of sulfonamides is 1. The van der Waals surface area contributed by atoms with Gasteiger partial charge in [0, 0.05) is 5.75 Å². The van der Waals surface area contributed by atoms with E-state index in [0.29, 0.717) is 5.75 Å². The van der Waals surface area contributed by atoms with Crippen molar-refractivity contribution in [1.82, 2.24) is 4.72 Å². The van der Waals surface area contributed by atoms with Crippen molar-refractivity contribution in [1.29, 1.82) is 0 Å². The summed E-state index contributed by atoms with van der Waals surface area (Å²) in [7, 11) is -4.29. The highest BCUT2D eigenvalue weighted by Crippen LogP contribution is 2.33. The van der Waals surface area contributed by atoms with Crippen LogP contribution in [0.1, 0.15) is 6.42 Å². The molecule has 1 fully saturated rings. The molecule has 2 rings (SSSR count). The average Bonchev–Trinajstić information content (AvgIpc) is 2.84. The third kappa shape index (κ3) is 3.14. The Kier molecular flexibility index (Phi) is 4.75. The molecule has 0 spiro atoms. The highest BCUT2D eigenvalue weighted by atomic mass is 35.5. The first-order chi connectivity index (χ1) is 9.69. The van der Waals surface area contributed by atoms with Crippen LogP contribution in [0, 0.1) is 5.82 Å². The lowest BCUT2D eigenvalue weighted by molar-refractivity contribution is -0.142. The van der Waals surface area contributed by atoms with Gasteiger partial charge in [-0.15, -0.1) is 0 Å². The van der Waals surface area contributed by atoms with Crippen LogP contribution in [0.15, 0.2) is 17.0 Å². The van der Waals surface area contributed by atoms with Gasteiger partial charge in [-0.25, -0.2) is 12.8 Å². The van der Waals surface area contributed by atoms with Crippen molar-refractivity contribution in [3.8, 4) is 0 Å². The zero-order chi connectivity index (χ0) is 15.8. The molecule has 0 aromatic heterocycles. The largest absolute Gasteiger partial charge is 0.480 e. The van der Waals surface area contributed by atoms with E-state index in [1.54, 1.807) is 0 Å². The van der Waals surface area contributed by atoms with E-state index in [-0.39, 0.29) is 17.2 Å².